The highest BCUT2D eigenvalue weighted by Crippen LogP contribution is 2.26. The maximum Gasteiger partial charge on any atom is 0.262 e. The lowest BCUT2D eigenvalue weighted by atomic mass is 10.2. The van der Waals surface area contributed by atoms with Crippen molar-refractivity contribution >= 4 is 29.3 Å². The molecule has 0 aliphatic heterocycles. The van der Waals surface area contributed by atoms with Crippen molar-refractivity contribution in [1.82, 2.24) is 5.43 Å². The second-order valence-corrected chi connectivity index (χ2v) is 4.94. The minimum atomic E-state index is -2.33. The number of hydrogen-bond donors (Lipinski definition) is 2. The highest BCUT2D eigenvalue weighted by molar-refractivity contribution is 6.32. The van der Waals surface area contributed by atoms with Gasteiger partial charge in [0.1, 0.15) is 11.5 Å². The molecule has 0 heterocycles. The number of carbonyl (C=O) groups is 1. The summed E-state index contributed by atoms with van der Waals surface area (Å²) in [6, 6.07) is 3.77. The van der Waals surface area contributed by atoms with E-state index in [-0.39, 0.29) is 10.6 Å². The van der Waals surface area contributed by atoms with Crippen molar-refractivity contribution in [2.45, 2.75) is 0 Å². The summed E-state index contributed by atoms with van der Waals surface area (Å²) in [7, 11) is 0. The Morgan fingerprint density at radius 1 is 0.920 bits per heavy atom. The molecule has 0 unspecified atom stereocenters. The van der Waals surface area contributed by atoms with E-state index in [1.165, 1.54) is 12.1 Å². The molecule has 0 bridgehead atoms. The van der Waals surface area contributed by atoms with E-state index < -0.39 is 46.5 Å². The molecule has 2 aromatic rings. The quantitative estimate of drug-likeness (QED) is 0.272. The van der Waals surface area contributed by atoms with Crippen LogP contribution in [0.5, 0.6) is 0 Å². The van der Waals surface area contributed by atoms with E-state index in [1.54, 1.807) is 10.9 Å². The summed E-state index contributed by atoms with van der Waals surface area (Å²) < 4.78 is 79.1. The highest BCUT2D eigenvalue weighted by atomic mass is 35.5. The first-order chi connectivity index (χ1) is 11.7. The lowest BCUT2D eigenvalue weighted by Crippen LogP contribution is -2.29. The van der Waals surface area contributed by atoms with Gasteiger partial charge in [-0.15, -0.1) is 0 Å². The second-order valence-electron chi connectivity index (χ2n) is 4.53. The average molecular weight is 381 g/mol. The van der Waals surface area contributed by atoms with E-state index >= 15 is 0 Å². The molecule has 2 N–H and O–H groups in total. The van der Waals surface area contributed by atoms with Crippen LogP contribution in [0.1, 0.15) is 5.56 Å². The number of rotatable bonds is 4. The lowest BCUT2D eigenvalue weighted by molar-refractivity contribution is -0.116. The van der Waals surface area contributed by atoms with Crippen LogP contribution >= 0.6 is 11.6 Å². The third-order valence-electron chi connectivity index (χ3n) is 2.92. The van der Waals surface area contributed by atoms with Crippen LogP contribution in [0, 0.1) is 34.9 Å². The first kappa shape index (κ1) is 18.7. The van der Waals surface area contributed by atoms with E-state index in [2.05, 4.69) is 0 Å². The Morgan fingerprint density at radius 2 is 1.48 bits per heavy atom. The fourth-order valence-corrected chi connectivity index (χ4v) is 1.94. The van der Waals surface area contributed by atoms with E-state index in [9.17, 15) is 31.1 Å². The van der Waals surface area contributed by atoms with Gasteiger partial charge < -0.3 is 0 Å². The zero-order valence-electron chi connectivity index (χ0n) is 11.9. The van der Waals surface area contributed by atoms with E-state index in [0.717, 1.165) is 18.2 Å². The van der Waals surface area contributed by atoms with Gasteiger partial charge in [0.05, 0.1) is 5.02 Å². The van der Waals surface area contributed by atoms with Crippen LogP contribution in [-0.2, 0) is 4.79 Å². The van der Waals surface area contributed by atoms with Crippen LogP contribution in [0.3, 0.4) is 0 Å². The lowest BCUT2D eigenvalue weighted by Gasteiger charge is -2.10. The zero-order chi connectivity index (χ0) is 18.7. The Labute approximate surface area is 141 Å². The number of nitrogens with one attached hydrogen (secondary N) is 2. The molecular weight excluding hydrogens is 374 g/mol. The van der Waals surface area contributed by atoms with Crippen LogP contribution in [0.4, 0.5) is 32.0 Å². The van der Waals surface area contributed by atoms with Gasteiger partial charge in [-0.2, -0.15) is 0 Å². The molecule has 0 atom stereocenters. The largest absolute Gasteiger partial charge is 0.293 e. The summed E-state index contributed by atoms with van der Waals surface area (Å²) >= 11 is 5.72. The van der Waals surface area contributed by atoms with E-state index in [1.807, 2.05) is 0 Å². The molecule has 25 heavy (non-hydrogen) atoms. The third-order valence-corrected chi connectivity index (χ3v) is 3.25. The van der Waals surface area contributed by atoms with Gasteiger partial charge >= 0.3 is 0 Å². The molecule has 0 aromatic heterocycles. The van der Waals surface area contributed by atoms with Crippen LogP contribution in [0.15, 0.2) is 24.3 Å². The minimum absolute atomic E-state index is 0.00299. The van der Waals surface area contributed by atoms with Gasteiger partial charge in [0.25, 0.3) is 5.91 Å². The van der Waals surface area contributed by atoms with Gasteiger partial charge in [0.15, 0.2) is 23.3 Å². The van der Waals surface area contributed by atoms with Crippen LogP contribution < -0.4 is 10.9 Å². The Bertz CT molecular complexity index is 822. The Balaban J connectivity index is 2.15. The number of halogens is 7. The van der Waals surface area contributed by atoms with Crippen molar-refractivity contribution in [3.05, 3.63) is 69.8 Å². The predicted octanol–water partition coefficient (Wildman–Crippen LogP) is 4.33. The number of benzene rings is 2. The Morgan fingerprint density at radius 3 is 2.04 bits per heavy atom. The van der Waals surface area contributed by atoms with E-state index in [0.29, 0.717) is 0 Å². The molecule has 3 nitrogen and oxygen atoms in total. The Hall–Kier alpha value is -2.68. The second kappa shape index (κ2) is 7.47. The first-order valence-electron chi connectivity index (χ1n) is 6.43. The maximum atomic E-state index is 13.5. The molecule has 0 spiro atoms. The van der Waals surface area contributed by atoms with E-state index in [4.69, 9.17) is 11.6 Å². The SMILES string of the molecule is O=C(/C=C/c1c(F)cccc1Cl)NNc1c(F)c(F)c(F)c(F)c1F. The van der Waals surface area contributed by atoms with Crippen molar-refractivity contribution in [1.29, 1.82) is 0 Å². The monoisotopic (exact) mass is 380 g/mol. The number of anilines is 1. The van der Waals surface area contributed by atoms with Crippen molar-refractivity contribution in [3.8, 4) is 0 Å². The Kier molecular flexibility index (Phi) is 5.58. The summed E-state index contributed by atoms with van der Waals surface area (Å²) in [5.74, 6) is -12.8. The summed E-state index contributed by atoms with van der Waals surface area (Å²) in [4.78, 5) is 11.5. The summed E-state index contributed by atoms with van der Waals surface area (Å²) in [6.45, 7) is 0. The molecule has 2 rings (SSSR count). The van der Waals surface area contributed by atoms with Gasteiger partial charge in [-0.3, -0.25) is 15.6 Å². The van der Waals surface area contributed by atoms with Gasteiger partial charge in [0.2, 0.25) is 5.82 Å². The predicted molar refractivity (Wildman–Crippen MR) is 78.4 cm³/mol. The van der Waals surface area contributed by atoms with Crippen molar-refractivity contribution in [2.75, 3.05) is 5.43 Å². The molecule has 2 aromatic carbocycles. The van der Waals surface area contributed by atoms with Crippen LogP contribution in [-0.4, -0.2) is 5.91 Å². The highest BCUT2D eigenvalue weighted by Gasteiger charge is 2.25. The first-order valence-corrected chi connectivity index (χ1v) is 6.81. The number of hydrogen-bond acceptors (Lipinski definition) is 2. The smallest absolute Gasteiger partial charge is 0.262 e. The molecule has 132 valence electrons. The number of hydrazine groups is 1. The molecule has 1 amide bonds. The summed E-state index contributed by atoms with van der Waals surface area (Å²) in [6.07, 6.45) is 1.70. The van der Waals surface area contributed by atoms with Gasteiger partial charge in [-0.05, 0) is 18.2 Å². The van der Waals surface area contributed by atoms with Crippen molar-refractivity contribution in [2.24, 2.45) is 0 Å². The topological polar surface area (TPSA) is 41.1 Å². The molecule has 0 radical (unpaired) electrons. The molecular formula is C15H7ClF6N2O. The molecule has 0 saturated heterocycles. The average Bonchev–Trinajstić information content (AvgIpc) is 2.57. The fourth-order valence-electron chi connectivity index (χ4n) is 1.71. The third kappa shape index (κ3) is 3.87. The van der Waals surface area contributed by atoms with Crippen molar-refractivity contribution < 1.29 is 31.1 Å². The summed E-state index contributed by atoms with van der Waals surface area (Å²) in [5.41, 5.74) is 1.70. The van der Waals surface area contributed by atoms with Gasteiger partial charge in [0, 0.05) is 11.6 Å². The fraction of sp³-hybridized carbons (Fsp3) is 0. The van der Waals surface area contributed by atoms with Crippen LogP contribution in [0.2, 0.25) is 5.02 Å². The van der Waals surface area contributed by atoms with Crippen LogP contribution in [0.25, 0.3) is 6.08 Å². The minimum Gasteiger partial charge on any atom is -0.293 e. The normalized spacial score (nSPS) is 11.0. The number of amides is 1. The van der Waals surface area contributed by atoms with Crippen molar-refractivity contribution in [3.63, 3.8) is 0 Å². The van der Waals surface area contributed by atoms with Gasteiger partial charge in [-0.1, -0.05) is 17.7 Å². The molecule has 0 aliphatic carbocycles. The summed E-state index contributed by atoms with van der Waals surface area (Å²) in [5, 5.41) is -0.00299. The zero-order valence-corrected chi connectivity index (χ0v) is 12.7. The molecule has 0 fully saturated rings. The maximum absolute atomic E-state index is 13.5. The molecule has 0 aliphatic rings. The molecule has 0 saturated carbocycles. The number of carbonyl (C=O) groups excluding carboxylic acids is 1. The molecule has 10 heteroatoms. The van der Waals surface area contributed by atoms with Gasteiger partial charge in [-0.25, -0.2) is 26.3 Å². The standard InChI is InChI=1S/C15H7ClF6N2O/c16-7-2-1-3-8(17)6(7)4-5-9(25)23-24-15-13(21)11(19)10(18)12(20)14(15)22/h1-5,24H,(H,23,25)/b5-4+.